The molecule has 0 radical (unpaired) electrons. The van der Waals surface area contributed by atoms with Crippen LogP contribution in [0.2, 0.25) is 0 Å². The van der Waals surface area contributed by atoms with Gasteiger partial charge >= 0.3 is 5.97 Å². The monoisotopic (exact) mass is 512 g/mol. The van der Waals surface area contributed by atoms with E-state index in [-0.39, 0.29) is 24.5 Å². The minimum atomic E-state index is -1.82. The second-order valence-electron chi connectivity index (χ2n) is 10.5. The number of hydrogen-bond donors (Lipinski definition) is 2. The molecule has 2 N–H and O–H groups in total. The maximum absolute atomic E-state index is 15.5. The summed E-state index contributed by atoms with van der Waals surface area (Å²) in [6.45, 7) is 6.04. The fourth-order valence-corrected chi connectivity index (χ4v) is 8.44. The summed E-state index contributed by atoms with van der Waals surface area (Å²) in [6.07, 6.45) is 2.68. The summed E-state index contributed by atoms with van der Waals surface area (Å²) in [5.41, 5.74) is -3.43. The molecule has 0 spiro atoms. The molecule has 3 saturated carbocycles. The van der Waals surface area contributed by atoms with Crippen molar-refractivity contribution < 1.29 is 33.7 Å². The Bertz CT molecular complexity index is 947. The van der Waals surface area contributed by atoms with E-state index in [1.165, 1.54) is 19.1 Å². The fraction of sp³-hybridized carbons (Fsp3) is 0.708. The average Bonchev–Trinajstić information content (AvgIpc) is 2.91. The van der Waals surface area contributed by atoms with Crippen molar-refractivity contribution in [3.63, 3.8) is 0 Å². The Kier molecular flexibility index (Phi) is 5.43. The van der Waals surface area contributed by atoms with Gasteiger partial charge in [0, 0.05) is 17.8 Å². The van der Waals surface area contributed by atoms with Gasteiger partial charge in [-0.1, -0.05) is 42.8 Å². The lowest BCUT2D eigenvalue weighted by Gasteiger charge is -2.64. The smallest absolute Gasteiger partial charge is 0.303 e. The summed E-state index contributed by atoms with van der Waals surface area (Å²) in [7, 11) is 0. The molecule has 3 fully saturated rings. The van der Waals surface area contributed by atoms with Crippen LogP contribution in [-0.4, -0.2) is 56.6 Å². The first-order chi connectivity index (χ1) is 14.7. The highest BCUT2D eigenvalue weighted by molar-refractivity contribution is 9.10. The molecule has 4 aliphatic carbocycles. The number of hydrogen-bond acceptors (Lipinski definition) is 6. The number of aliphatic hydroxyl groups is 2. The third kappa shape index (κ3) is 2.78. The van der Waals surface area contributed by atoms with E-state index < -0.39 is 63.2 Å². The van der Waals surface area contributed by atoms with E-state index in [0.717, 1.165) is 0 Å². The number of rotatable bonds is 3. The number of carbonyl (C=O) groups excluding carboxylic acids is 3. The first-order valence-electron chi connectivity index (χ1n) is 11.1. The zero-order valence-electron chi connectivity index (χ0n) is 18.7. The molecule has 32 heavy (non-hydrogen) atoms. The maximum atomic E-state index is 15.5. The van der Waals surface area contributed by atoms with Gasteiger partial charge in [-0.25, -0.2) is 4.39 Å². The molecule has 0 aromatic heterocycles. The van der Waals surface area contributed by atoms with Crippen molar-refractivity contribution in [1.29, 1.82) is 0 Å². The van der Waals surface area contributed by atoms with Gasteiger partial charge in [-0.15, -0.1) is 0 Å². The minimum absolute atomic E-state index is 0.0754. The quantitative estimate of drug-likeness (QED) is 0.445. The van der Waals surface area contributed by atoms with Crippen LogP contribution in [0.15, 0.2) is 23.8 Å². The lowest BCUT2D eigenvalue weighted by Crippen LogP contribution is -2.70. The Morgan fingerprint density at radius 3 is 2.56 bits per heavy atom. The van der Waals surface area contributed by atoms with Gasteiger partial charge in [-0.2, -0.15) is 0 Å². The predicted octanol–water partition coefficient (Wildman–Crippen LogP) is 2.84. The van der Waals surface area contributed by atoms with Crippen LogP contribution in [-0.2, 0) is 19.1 Å². The normalized spacial score (nSPS) is 49.6. The number of alkyl halides is 2. The van der Waals surface area contributed by atoms with E-state index in [4.69, 9.17) is 4.74 Å². The SMILES string of the molecule is CC(=O)OCC(=O)[C@@]1(O)[C@H](C)CC2C3C[C@H](F)C4=CC(=O)C=CC4(C)[C@@]3(Br)C(O)CC21C. The Hall–Kier alpha value is -1.38. The van der Waals surface area contributed by atoms with E-state index in [0.29, 0.717) is 12.0 Å². The van der Waals surface area contributed by atoms with E-state index in [2.05, 4.69) is 15.9 Å². The number of allylic oxidation sites excluding steroid dienone is 4. The second kappa shape index (κ2) is 7.31. The van der Waals surface area contributed by atoms with Crippen molar-refractivity contribution in [1.82, 2.24) is 0 Å². The van der Waals surface area contributed by atoms with Gasteiger partial charge in [0.15, 0.2) is 12.4 Å². The Balaban J connectivity index is 1.79. The maximum Gasteiger partial charge on any atom is 0.303 e. The summed E-state index contributed by atoms with van der Waals surface area (Å²) in [5.74, 6) is -2.62. The van der Waals surface area contributed by atoms with Crippen LogP contribution < -0.4 is 0 Å². The van der Waals surface area contributed by atoms with Crippen molar-refractivity contribution in [3.05, 3.63) is 23.8 Å². The summed E-state index contributed by atoms with van der Waals surface area (Å²) >= 11 is 3.83. The zero-order chi connectivity index (χ0) is 23.9. The molecule has 8 heteroatoms. The highest BCUT2D eigenvalue weighted by Gasteiger charge is 2.75. The van der Waals surface area contributed by atoms with Crippen molar-refractivity contribution in [3.8, 4) is 0 Å². The van der Waals surface area contributed by atoms with Crippen molar-refractivity contribution in [2.45, 2.75) is 69.2 Å². The van der Waals surface area contributed by atoms with Crippen LogP contribution in [0.5, 0.6) is 0 Å². The molecule has 0 aromatic rings. The number of Topliss-reactive ketones (excluding diaryl/α,β-unsaturated/α-hetero) is 1. The molecular formula is C24H30BrFO6. The van der Waals surface area contributed by atoms with Gasteiger partial charge in [-0.05, 0) is 54.7 Å². The molecule has 0 amide bonds. The molecule has 0 heterocycles. The lowest BCUT2D eigenvalue weighted by molar-refractivity contribution is -0.182. The third-order valence-corrected chi connectivity index (χ3v) is 11.0. The van der Waals surface area contributed by atoms with Gasteiger partial charge in [-0.3, -0.25) is 14.4 Å². The fourth-order valence-electron chi connectivity index (χ4n) is 7.41. The molecule has 0 bridgehead atoms. The number of ether oxygens (including phenoxy) is 1. The van der Waals surface area contributed by atoms with Gasteiger partial charge in [0.1, 0.15) is 11.8 Å². The molecular weight excluding hydrogens is 483 g/mol. The molecule has 6 nitrogen and oxygen atoms in total. The van der Waals surface area contributed by atoms with Gasteiger partial charge in [0.25, 0.3) is 0 Å². The number of ketones is 2. The summed E-state index contributed by atoms with van der Waals surface area (Å²) in [5, 5.41) is 23.3. The second-order valence-corrected chi connectivity index (χ2v) is 11.8. The number of aliphatic hydroxyl groups excluding tert-OH is 1. The first-order valence-corrected chi connectivity index (χ1v) is 11.9. The number of halogens is 2. The molecule has 176 valence electrons. The number of esters is 1. The summed E-state index contributed by atoms with van der Waals surface area (Å²) < 4.78 is 19.4. The lowest BCUT2D eigenvalue weighted by atomic mass is 9.45. The van der Waals surface area contributed by atoms with Crippen molar-refractivity contribution in [2.75, 3.05) is 6.61 Å². The largest absolute Gasteiger partial charge is 0.458 e. The molecule has 9 atom stereocenters. The Labute approximate surface area is 195 Å². The van der Waals surface area contributed by atoms with E-state index in [1.807, 2.05) is 6.92 Å². The van der Waals surface area contributed by atoms with Crippen LogP contribution in [0, 0.1) is 28.6 Å². The van der Waals surface area contributed by atoms with Crippen LogP contribution in [0.3, 0.4) is 0 Å². The van der Waals surface area contributed by atoms with Crippen molar-refractivity contribution >= 4 is 33.5 Å². The van der Waals surface area contributed by atoms with Crippen LogP contribution in [0.25, 0.3) is 0 Å². The molecule has 5 unspecified atom stereocenters. The molecule has 0 aliphatic heterocycles. The topological polar surface area (TPSA) is 101 Å². The summed E-state index contributed by atoms with van der Waals surface area (Å²) in [4.78, 5) is 36.4. The van der Waals surface area contributed by atoms with Gasteiger partial charge < -0.3 is 14.9 Å². The molecule has 4 rings (SSSR count). The van der Waals surface area contributed by atoms with Gasteiger partial charge in [0.05, 0.1) is 10.4 Å². The predicted molar refractivity (Wildman–Crippen MR) is 118 cm³/mol. The van der Waals surface area contributed by atoms with Gasteiger partial charge in [0.2, 0.25) is 5.78 Å². The van der Waals surface area contributed by atoms with E-state index >= 15 is 4.39 Å². The standard InChI is InChI=1S/C24H30BrFO6/c1-12-7-15-16-9-18(26)17-8-14(28)5-6-21(17,3)23(16,25)19(29)10-22(15,4)24(12,31)20(30)11-32-13(2)27/h5-6,8,12,15-16,18-19,29,31H,7,9-11H2,1-4H3/t12-,15?,16?,18+,19?,21?,22?,23+,24+/m1/s1. The Morgan fingerprint density at radius 1 is 1.28 bits per heavy atom. The van der Waals surface area contributed by atoms with Crippen LogP contribution >= 0.6 is 15.9 Å². The number of fused-ring (bicyclic) bond motifs is 5. The van der Waals surface area contributed by atoms with E-state index in [1.54, 1.807) is 19.9 Å². The number of carbonyl (C=O) groups is 3. The molecule has 4 aliphatic rings. The molecule has 0 aromatic carbocycles. The summed E-state index contributed by atoms with van der Waals surface area (Å²) in [6, 6.07) is 0. The molecule has 0 saturated heterocycles. The zero-order valence-corrected chi connectivity index (χ0v) is 20.3. The highest BCUT2D eigenvalue weighted by atomic mass is 79.9. The Morgan fingerprint density at radius 2 is 1.94 bits per heavy atom. The first kappa shape index (κ1) is 23.8. The van der Waals surface area contributed by atoms with Crippen LogP contribution in [0.1, 0.15) is 47.0 Å². The van der Waals surface area contributed by atoms with E-state index in [9.17, 15) is 24.6 Å². The third-order valence-electron chi connectivity index (χ3n) is 9.04. The van der Waals surface area contributed by atoms with Crippen LogP contribution in [0.4, 0.5) is 4.39 Å². The minimum Gasteiger partial charge on any atom is -0.458 e. The highest BCUT2D eigenvalue weighted by Crippen LogP contribution is 2.72. The van der Waals surface area contributed by atoms with Crippen molar-refractivity contribution in [2.24, 2.45) is 28.6 Å². The average molecular weight is 513 g/mol.